The van der Waals surface area contributed by atoms with E-state index in [0.29, 0.717) is 5.75 Å². The highest BCUT2D eigenvalue weighted by Gasteiger charge is 2.41. The van der Waals surface area contributed by atoms with Crippen LogP contribution >= 0.6 is 11.8 Å². The lowest BCUT2D eigenvalue weighted by Crippen LogP contribution is -2.45. The predicted octanol–water partition coefficient (Wildman–Crippen LogP) is 0.921. The largest absolute Gasteiger partial charge is 0.480 e. The van der Waals surface area contributed by atoms with Gasteiger partial charge in [-0.05, 0) is 17.9 Å². The van der Waals surface area contributed by atoms with Crippen LogP contribution in [-0.4, -0.2) is 48.5 Å². The number of carboxylic acids is 1. The molecule has 9 heteroatoms. The molecule has 1 aliphatic rings. The van der Waals surface area contributed by atoms with E-state index in [9.17, 15) is 19.7 Å². The molecule has 2 atom stereocenters. The molecular weight excluding hydrogens is 286 g/mol. The summed E-state index contributed by atoms with van der Waals surface area (Å²) in [6.07, 6.45) is 0. The first-order valence-corrected chi connectivity index (χ1v) is 6.86. The number of carboxylic acid groups (broad SMARTS) is 1. The number of hydrogen-bond acceptors (Lipinski definition) is 5. The Labute approximate surface area is 118 Å². The molecule has 1 saturated heterocycles. The molecule has 1 aliphatic heterocycles. The van der Waals surface area contributed by atoms with E-state index in [2.05, 4.69) is 0 Å². The van der Waals surface area contributed by atoms with Crippen molar-refractivity contribution in [3.63, 3.8) is 0 Å². The van der Waals surface area contributed by atoms with E-state index in [4.69, 9.17) is 5.11 Å². The van der Waals surface area contributed by atoms with Crippen LogP contribution < -0.4 is 0 Å². The molecule has 2 heterocycles. The van der Waals surface area contributed by atoms with E-state index in [-0.39, 0.29) is 16.9 Å². The van der Waals surface area contributed by atoms with E-state index < -0.39 is 22.8 Å². The first-order chi connectivity index (χ1) is 9.34. The third-order valence-electron chi connectivity index (χ3n) is 3.24. The van der Waals surface area contributed by atoms with Gasteiger partial charge in [0.05, 0.1) is 12.4 Å². The Morgan fingerprint density at radius 2 is 2.15 bits per heavy atom. The monoisotopic (exact) mass is 299 g/mol. The fraction of sp³-hybridized carbons (Fsp3) is 0.455. The van der Waals surface area contributed by atoms with Crippen LogP contribution in [0, 0.1) is 10.1 Å². The molecule has 0 aromatic carbocycles. The maximum atomic E-state index is 12.4. The van der Waals surface area contributed by atoms with Crippen LogP contribution in [0.4, 0.5) is 5.82 Å². The number of carbonyl (C=O) groups excluding carboxylic acids is 1. The molecule has 20 heavy (non-hydrogen) atoms. The van der Waals surface area contributed by atoms with Crippen LogP contribution in [-0.2, 0) is 11.8 Å². The molecule has 2 unspecified atom stereocenters. The Balaban J connectivity index is 2.35. The van der Waals surface area contributed by atoms with Crippen LogP contribution in [0.5, 0.6) is 0 Å². The minimum absolute atomic E-state index is 0.109. The van der Waals surface area contributed by atoms with Gasteiger partial charge in [0, 0.05) is 11.8 Å². The molecule has 8 nitrogen and oxygen atoms in total. The fourth-order valence-electron chi connectivity index (χ4n) is 2.17. The molecular formula is C11H13N3O5S. The van der Waals surface area contributed by atoms with Crippen molar-refractivity contribution in [3.8, 4) is 0 Å². The topological polar surface area (TPSA) is 106 Å². The average molecular weight is 299 g/mol. The zero-order valence-electron chi connectivity index (χ0n) is 10.8. The Bertz CT molecular complexity index is 585. The first kappa shape index (κ1) is 14.4. The summed E-state index contributed by atoms with van der Waals surface area (Å²) in [6, 6.07) is 1.67. The molecule has 1 aromatic rings. The Kier molecular flexibility index (Phi) is 3.71. The van der Waals surface area contributed by atoms with Gasteiger partial charge in [0.2, 0.25) is 0 Å². The summed E-state index contributed by atoms with van der Waals surface area (Å²) in [5, 5.41) is 19.6. The number of aliphatic carboxylic acids is 1. The normalized spacial score (nSPS) is 22.0. The molecule has 2 rings (SSSR count). The minimum atomic E-state index is -1.07. The maximum Gasteiger partial charge on any atom is 0.327 e. The minimum Gasteiger partial charge on any atom is -0.480 e. The molecule has 1 fully saturated rings. The Morgan fingerprint density at radius 3 is 2.65 bits per heavy atom. The van der Waals surface area contributed by atoms with Gasteiger partial charge in [0.15, 0.2) is 5.69 Å². The molecule has 0 spiro atoms. The van der Waals surface area contributed by atoms with Gasteiger partial charge in [0.25, 0.3) is 5.91 Å². The van der Waals surface area contributed by atoms with Crippen molar-refractivity contribution >= 4 is 29.5 Å². The molecule has 0 aliphatic carbocycles. The number of nitrogens with zero attached hydrogens (tertiary/aromatic N) is 3. The Hall–Kier alpha value is -2.03. The number of rotatable bonds is 3. The van der Waals surface area contributed by atoms with Crippen LogP contribution in [0.25, 0.3) is 0 Å². The van der Waals surface area contributed by atoms with Gasteiger partial charge >= 0.3 is 11.8 Å². The fourth-order valence-corrected chi connectivity index (χ4v) is 3.34. The van der Waals surface area contributed by atoms with Crippen molar-refractivity contribution in [3.05, 3.63) is 27.9 Å². The van der Waals surface area contributed by atoms with Crippen molar-refractivity contribution in [2.75, 3.05) is 5.75 Å². The van der Waals surface area contributed by atoms with E-state index in [1.165, 1.54) is 35.8 Å². The van der Waals surface area contributed by atoms with E-state index in [1.54, 1.807) is 6.92 Å². The molecule has 1 aromatic heterocycles. The SMILES string of the molecule is CC1SCC(C(=O)O)N1C(=O)c1ccc([N+](=O)[O-])n1C. The average Bonchev–Trinajstić information content (AvgIpc) is 2.91. The van der Waals surface area contributed by atoms with Gasteiger partial charge in [-0.3, -0.25) is 4.79 Å². The number of nitro groups is 1. The van der Waals surface area contributed by atoms with Crippen LogP contribution in [0.15, 0.2) is 12.1 Å². The maximum absolute atomic E-state index is 12.4. The molecule has 1 N–H and O–H groups in total. The summed E-state index contributed by atoms with van der Waals surface area (Å²) in [6.45, 7) is 1.74. The van der Waals surface area contributed by atoms with Gasteiger partial charge in [-0.15, -0.1) is 11.8 Å². The molecule has 0 radical (unpaired) electrons. The summed E-state index contributed by atoms with van der Waals surface area (Å²) in [5.41, 5.74) is 0.109. The highest BCUT2D eigenvalue weighted by Crippen LogP contribution is 2.31. The van der Waals surface area contributed by atoms with Gasteiger partial charge in [-0.25, -0.2) is 9.36 Å². The summed E-state index contributed by atoms with van der Waals surface area (Å²) < 4.78 is 1.16. The number of aromatic nitrogens is 1. The zero-order valence-corrected chi connectivity index (χ0v) is 11.7. The number of amides is 1. The quantitative estimate of drug-likeness (QED) is 0.657. The van der Waals surface area contributed by atoms with Gasteiger partial charge in [-0.1, -0.05) is 0 Å². The summed E-state index contributed by atoms with van der Waals surface area (Å²) in [7, 11) is 1.41. The van der Waals surface area contributed by atoms with Gasteiger partial charge < -0.3 is 20.1 Å². The highest BCUT2D eigenvalue weighted by molar-refractivity contribution is 8.00. The highest BCUT2D eigenvalue weighted by atomic mass is 32.2. The molecule has 0 bridgehead atoms. The smallest absolute Gasteiger partial charge is 0.327 e. The second kappa shape index (κ2) is 5.16. The van der Waals surface area contributed by atoms with Crippen LogP contribution in [0.3, 0.4) is 0 Å². The Morgan fingerprint density at radius 1 is 1.50 bits per heavy atom. The van der Waals surface area contributed by atoms with Crippen molar-refractivity contribution in [1.82, 2.24) is 9.47 Å². The first-order valence-electron chi connectivity index (χ1n) is 5.81. The second-order valence-electron chi connectivity index (χ2n) is 4.39. The number of carbonyl (C=O) groups is 2. The number of thioether (sulfide) groups is 1. The van der Waals surface area contributed by atoms with Crippen LogP contribution in [0.2, 0.25) is 0 Å². The standard InChI is InChI=1S/C11H13N3O5S/c1-6-13(8(5-20-6)11(16)17)10(15)7-3-4-9(12(7)2)14(18)19/h3-4,6,8H,5H2,1-2H3,(H,16,17). The number of hydrogen-bond donors (Lipinski definition) is 1. The third kappa shape index (κ3) is 2.24. The lowest BCUT2D eigenvalue weighted by Gasteiger charge is -2.24. The summed E-state index contributed by atoms with van der Waals surface area (Å²) in [5.74, 6) is -1.47. The van der Waals surface area contributed by atoms with Crippen molar-refractivity contribution in [1.29, 1.82) is 0 Å². The lowest BCUT2D eigenvalue weighted by atomic mass is 10.2. The van der Waals surface area contributed by atoms with Gasteiger partial charge in [0.1, 0.15) is 6.04 Å². The van der Waals surface area contributed by atoms with Crippen molar-refractivity contribution in [2.45, 2.75) is 18.3 Å². The lowest BCUT2D eigenvalue weighted by molar-refractivity contribution is -0.391. The third-order valence-corrected chi connectivity index (χ3v) is 4.46. The summed E-state index contributed by atoms with van der Waals surface area (Å²) >= 11 is 1.36. The zero-order chi connectivity index (χ0) is 15.0. The van der Waals surface area contributed by atoms with E-state index in [0.717, 1.165) is 4.57 Å². The molecule has 108 valence electrons. The van der Waals surface area contributed by atoms with Crippen LogP contribution in [0.1, 0.15) is 17.4 Å². The van der Waals surface area contributed by atoms with Crippen molar-refractivity contribution < 1.29 is 19.6 Å². The predicted molar refractivity (Wildman–Crippen MR) is 71.6 cm³/mol. The van der Waals surface area contributed by atoms with E-state index in [1.807, 2.05) is 0 Å². The van der Waals surface area contributed by atoms with E-state index >= 15 is 0 Å². The molecule has 0 saturated carbocycles. The second-order valence-corrected chi connectivity index (χ2v) is 5.74. The van der Waals surface area contributed by atoms with Gasteiger partial charge in [-0.2, -0.15) is 0 Å². The summed E-state index contributed by atoms with van der Waals surface area (Å²) in [4.78, 5) is 35.0. The van der Waals surface area contributed by atoms with Crippen molar-refractivity contribution in [2.24, 2.45) is 7.05 Å². The molecule has 1 amide bonds.